The highest BCUT2D eigenvalue weighted by Gasteiger charge is 2.20. The summed E-state index contributed by atoms with van der Waals surface area (Å²) in [7, 11) is 1.96. The van der Waals surface area contributed by atoms with E-state index < -0.39 is 0 Å². The number of carbonyl (C=O) groups is 1. The first kappa shape index (κ1) is 18.3. The second-order valence-electron chi connectivity index (χ2n) is 5.97. The Balaban J connectivity index is 2.25. The minimum absolute atomic E-state index is 0.273. The summed E-state index contributed by atoms with van der Waals surface area (Å²) in [6.07, 6.45) is 0. The normalized spacial score (nSPS) is 11.2. The van der Waals surface area contributed by atoms with Crippen LogP contribution in [0.2, 0.25) is 0 Å². The van der Waals surface area contributed by atoms with Gasteiger partial charge in [0.25, 0.3) is 0 Å². The number of carbonyl (C=O) groups excluding carboxylic acids is 1. The fourth-order valence-corrected chi connectivity index (χ4v) is 3.02. The average Bonchev–Trinajstić information content (AvgIpc) is 2.83. The van der Waals surface area contributed by atoms with Crippen LogP contribution in [0.1, 0.15) is 36.8 Å². The quantitative estimate of drug-likeness (QED) is 0.751. The van der Waals surface area contributed by atoms with Gasteiger partial charge in [0, 0.05) is 23.6 Å². The minimum Gasteiger partial charge on any atom is -0.488 e. The maximum Gasteiger partial charge on any atom is 0.340 e. The summed E-state index contributed by atoms with van der Waals surface area (Å²) in [5.41, 5.74) is 2.56. The fourth-order valence-electron chi connectivity index (χ4n) is 3.02. The van der Waals surface area contributed by atoms with E-state index in [9.17, 15) is 4.79 Å². The number of benzene rings is 1. The molecule has 24 heavy (non-hydrogen) atoms. The largest absolute Gasteiger partial charge is 0.488 e. The Hall–Kier alpha value is -2.01. The molecular weight excluding hydrogens is 304 g/mol. The molecule has 0 unspecified atom stereocenters. The lowest BCUT2D eigenvalue weighted by molar-refractivity contribution is -0.896. The number of aromatic nitrogens is 1. The van der Waals surface area contributed by atoms with Crippen LogP contribution < -0.4 is 9.64 Å². The highest BCUT2D eigenvalue weighted by molar-refractivity contribution is 6.06. The number of hydrogen-bond donors (Lipinski definition) is 1. The average molecular weight is 333 g/mol. The molecule has 0 aliphatic carbocycles. The van der Waals surface area contributed by atoms with Crippen LogP contribution in [0.4, 0.5) is 0 Å². The third-order valence-corrected chi connectivity index (χ3v) is 4.67. The smallest absolute Gasteiger partial charge is 0.340 e. The Labute approximate surface area is 144 Å². The van der Waals surface area contributed by atoms with Crippen LogP contribution in [0.3, 0.4) is 0 Å². The summed E-state index contributed by atoms with van der Waals surface area (Å²) in [5, 5.41) is 0.890. The lowest BCUT2D eigenvalue weighted by Gasteiger charge is -2.15. The molecule has 0 saturated heterocycles. The van der Waals surface area contributed by atoms with Crippen molar-refractivity contribution in [3.63, 3.8) is 0 Å². The van der Waals surface area contributed by atoms with Gasteiger partial charge >= 0.3 is 5.97 Å². The van der Waals surface area contributed by atoms with Crippen LogP contribution in [0.5, 0.6) is 5.75 Å². The molecule has 0 saturated carbocycles. The molecule has 1 N–H and O–H groups in total. The van der Waals surface area contributed by atoms with Gasteiger partial charge < -0.3 is 18.9 Å². The van der Waals surface area contributed by atoms with E-state index in [1.54, 1.807) is 0 Å². The zero-order valence-corrected chi connectivity index (χ0v) is 15.4. The van der Waals surface area contributed by atoms with Crippen LogP contribution >= 0.6 is 0 Å². The number of nitrogens with one attached hydrogen (secondary N) is 1. The van der Waals surface area contributed by atoms with E-state index in [1.807, 2.05) is 43.7 Å². The van der Waals surface area contributed by atoms with E-state index in [4.69, 9.17) is 9.47 Å². The summed E-state index contributed by atoms with van der Waals surface area (Å²) < 4.78 is 13.1. The number of likely N-dealkylation sites (N-methyl/N-ethyl adjacent to an activating group) is 1. The molecule has 0 aliphatic heterocycles. The van der Waals surface area contributed by atoms with Crippen LogP contribution in [0, 0.1) is 6.92 Å². The zero-order valence-electron chi connectivity index (χ0n) is 15.4. The Morgan fingerprint density at radius 3 is 2.54 bits per heavy atom. The number of rotatable bonds is 8. The molecule has 1 aromatic heterocycles. The molecule has 0 radical (unpaired) electrons. The molecule has 0 spiro atoms. The molecule has 1 aromatic carbocycles. The first-order valence-electron chi connectivity index (χ1n) is 8.75. The molecule has 1 heterocycles. The third-order valence-electron chi connectivity index (χ3n) is 4.67. The fraction of sp³-hybridized carbons (Fsp3) is 0.526. The van der Waals surface area contributed by atoms with Gasteiger partial charge in [-0.2, -0.15) is 0 Å². The number of quaternary nitrogens is 1. The standard InChI is InChI=1S/C19H28N2O3/c1-6-21(7-2)11-12-24-15-9-10-17-16(13-15)18(14(4)20(17)5)19(22)23-8-3/h9-10,13H,6-8,11-12H2,1-5H3/p+1. The van der Waals surface area contributed by atoms with Crippen molar-refractivity contribution < 1.29 is 19.2 Å². The highest BCUT2D eigenvalue weighted by Crippen LogP contribution is 2.29. The van der Waals surface area contributed by atoms with Gasteiger partial charge in [-0.3, -0.25) is 0 Å². The molecule has 132 valence electrons. The molecular formula is C19H29N2O3+. The number of hydrogen-bond acceptors (Lipinski definition) is 3. The van der Waals surface area contributed by atoms with Crippen LogP contribution in [-0.4, -0.2) is 43.4 Å². The van der Waals surface area contributed by atoms with E-state index in [0.29, 0.717) is 18.8 Å². The van der Waals surface area contributed by atoms with E-state index in [1.165, 1.54) is 4.90 Å². The van der Waals surface area contributed by atoms with Crippen molar-refractivity contribution in [2.75, 3.05) is 32.8 Å². The second kappa shape index (κ2) is 8.20. The SMILES string of the molecule is CCOC(=O)c1c(C)n(C)c2ccc(OCC[NH+](CC)CC)cc12. The van der Waals surface area contributed by atoms with Crippen molar-refractivity contribution in [3.05, 3.63) is 29.5 Å². The molecule has 5 heteroatoms. The Bertz CT molecular complexity index is 702. The minimum atomic E-state index is -0.273. The predicted octanol–water partition coefficient (Wildman–Crippen LogP) is 1.97. The van der Waals surface area contributed by atoms with E-state index in [2.05, 4.69) is 13.8 Å². The van der Waals surface area contributed by atoms with Crippen LogP contribution in [-0.2, 0) is 11.8 Å². The van der Waals surface area contributed by atoms with Gasteiger partial charge in [0.15, 0.2) is 0 Å². The summed E-state index contributed by atoms with van der Waals surface area (Å²) in [6.45, 7) is 12.4. The van der Waals surface area contributed by atoms with Crippen molar-refractivity contribution in [2.24, 2.45) is 7.05 Å². The van der Waals surface area contributed by atoms with E-state index >= 15 is 0 Å². The molecule has 0 amide bonds. The third kappa shape index (κ3) is 3.73. The summed E-state index contributed by atoms with van der Waals surface area (Å²) in [6, 6.07) is 5.92. The molecule has 0 fully saturated rings. The van der Waals surface area contributed by atoms with Crippen molar-refractivity contribution in [3.8, 4) is 5.75 Å². The van der Waals surface area contributed by atoms with Crippen molar-refractivity contribution in [1.82, 2.24) is 4.57 Å². The van der Waals surface area contributed by atoms with Gasteiger partial charge in [0.1, 0.15) is 18.9 Å². The lowest BCUT2D eigenvalue weighted by atomic mass is 10.1. The van der Waals surface area contributed by atoms with Crippen molar-refractivity contribution in [2.45, 2.75) is 27.7 Å². The monoisotopic (exact) mass is 333 g/mol. The Morgan fingerprint density at radius 1 is 1.21 bits per heavy atom. The van der Waals surface area contributed by atoms with Gasteiger partial charge in [-0.15, -0.1) is 0 Å². The maximum atomic E-state index is 12.3. The van der Waals surface area contributed by atoms with Crippen LogP contribution in [0.25, 0.3) is 10.9 Å². The molecule has 5 nitrogen and oxygen atoms in total. The van der Waals surface area contributed by atoms with Gasteiger partial charge in [-0.05, 0) is 45.9 Å². The summed E-state index contributed by atoms with van der Waals surface area (Å²) >= 11 is 0. The number of ether oxygens (including phenoxy) is 2. The number of nitrogens with zero attached hydrogens (tertiary/aromatic N) is 1. The Morgan fingerprint density at radius 2 is 1.92 bits per heavy atom. The molecule has 0 atom stereocenters. The number of fused-ring (bicyclic) bond motifs is 1. The van der Waals surface area contributed by atoms with E-state index in [0.717, 1.165) is 42.0 Å². The summed E-state index contributed by atoms with van der Waals surface area (Å²) in [4.78, 5) is 13.8. The molecule has 2 aromatic rings. The zero-order chi connectivity index (χ0) is 17.7. The van der Waals surface area contributed by atoms with Gasteiger partial charge in [-0.25, -0.2) is 4.79 Å². The van der Waals surface area contributed by atoms with Crippen molar-refractivity contribution in [1.29, 1.82) is 0 Å². The molecule has 0 bridgehead atoms. The second-order valence-corrected chi connectivity index (χ2v) is 5.97. The number of esters is 1. The first-order chi connectivity index (χ1) is 11.5. The maximum absolute atomic E-state index is 12.3. The van der Waals surface area contributed by atoms with Gasteiger partial charge in [0.2, 0.25) is 0 Å². The topological polar surface area (TPSA) is 44.9 Å². The highest BCUT2D eigenvalue weighted by atomic mass is 16.5. The Kier molecular flexibility index (Phi) is 6.26. The molecule has 0 aliphatic rings. The summed E-state index contributed by atoms with van der Waals surface area (Å²) in [5.74, 6) is 0.524. The van der Waals surface area contributed by atoms with Crippen LogP contribution in [0.15, 0.2) is 18.2 Å². The van der Waals surface area contributed by atoms with E-state index in [-0.39, 0.29) is 5.97 Å². The lowest BCUT2D eigenvalue weighted by Crippen LogP contribution is -3.12. The van der Waals surface area contributed by atoms with Crippen molar-refractivity contribution >= 4 is 16.9 Å². The van der Waals surface area contributed by atoms with Gasteiger partial charge in [0.05, 0.1) is 25.3 Å². The first-order valence-corrected chi connectivity index (χ1v) is 8.75. The predicted molar refractivity (Wildman–Crippen MR) is 96.0 cm³/mol. The number of aryl methyl sites for hydroxylation is 1. The van der Waals surface area contributed by atoms with Gasteiger partial charge in [-0.1, -0.05) is 0 Å². The molecule has 2 rings (SSSR count).